The molecular weight excluding hydrogens is 204 g/mol. The average Bonchev–Trinajstić information content (AvgIpc) is 2.76. The molecule has 0 bridgehead atoms. The van der Waals surface area contributed by atoms with Gasteiger partial charge in [-0.15, -0.1) is 11.8 Å². The normalized spacial score (nSPS) is 10.5. The third-order valence-electron chi connectivity index (χ3n) is 2.06. The Labute approximate surface area is 94.1 Å². The summed E-state index contributed by atoms with van der Waals surface area (Å²) in [7, 11) is 0. The molecule has 78 valence electrons. The van der Waals surface area contributed by atoms with Gasteiger partial charge in [0.15, 0.2) is 0 Å². The maximum Gasteiger partial charge on any atom is 0.138 e. The van der Waals surface area contributed by atoms with Gasteiger partial charge in [-0.1, -0.05) is 37.3 Å². The molecule has 2 nitrogen and oxygen atoms in total. The van der Waals surface area contributed by atoms with Crippen LogP contribution in [0, 0.1) is 0 Å². The molecule has 0 spiro atoms. The van der Waals surface area contributed by atoms with Gasteiger partial charge >= 0.3 is 0 Å². The lowest BCUT2D eigenvalue weighted by Gasteiger charge is -1.94. The fraction of sp³-hybridized carbons (Fsp3) is 0.250. The molecule has 0 saturated heterocycles. The third-order valence-corrected chi connectivity index (χ3v) is 3.17. The minimum atomic E-state index is 0.953. The van der Waals surface area contributed by atoms with E-state index >= 15 is 0 Å². The Morgan fingerprint density at radius 2 is 2.07 bits per heavy atom. The summed E-state index contributed by atoms with van der Waals surface area (Å²) in [5.41, 5.74) is 1.14. The number of benzene rings is 1. The topological polar surface area (TPSA) is 28.7 Å². The number of nitrogens with one attached hydrogen (secondary N) is 1. The highest BCUT2D eigenvalue weighted by Gasteiger charge is 2.02. The van der Waals surface area contributed by atoms with E-state index in [1.807, 2.05) is 24.4 Å². The summed E-state index contributed by atoms with van der Waals surface area (Å²) in [4.78, 5) is 7.72. The molecule has 0 saturated carbocycles. The third kappa shape index (κ3) is 2.63. The zero-order chi connectivity index (χ0) is 10.5. The minimum absolute atomic E-state index is 0.953. The molecule has 1 aromatic heterocycles. The summed E-state index contributed by atoms with van der Waals surface area (Å²) >= 11 is 1.79. The van der Waals surface area contributed by atoms with Crippen LogP contribution in [0.5, 0.6) is 0 Å². The standard InChI is InChI=1S/C12H14N2S/c1-2-8-15-11-9-13-12(14-11)10-6-4-3-5-7-10/h3-7,9H,2,8H2,1H3,(H,13,14). The molecule has 0 radical (unpaired) electrons. The van der Waals surface area contributed by atoms with Gasteiger partial charge in [-0.25, -0.2) is 4.98 Å². The van der Waals surface area contributed by atoms with Crippen LogP contribution in [0.15, 0.2) is 41.6 Å². The highest BCUT2D eigenvalue weighted by molar-refractivity contribution is 7.99. The molecule has 2 rings (SSSR count). The lowest BCUT2D eigenvalue weighted by atomic mass is 10.2. The molecule has 0 aliphatic heterocycles. The van der Waals surface area contributed by atoms with Crippen LogP contribution in [0.25, 0.3) is 11.4 Å². The summed E-state index contributed by atoms with van der Waals surface area (Å²) in [6, 6.07) is 10.2. The van der Waals surface area contributed by atoms with Gasteiger partial charge in [0.05, 0.1) is 0 Å². The molecule has 3 heteroatoms. The van der Waals surface area contributed by atoms with E-state index in [1.54, 1.807) is 11.8 Å². The van der Waals surface area contributed by atoms with Crippen molar-refractivity contribution in [2.45, 2.75) is 18.4 Å². The van der Waals surface area contributed by atoms with Crippen molar-refractivity contribution in [3.63, 3.8) is 0 Å². The molecule has 1 aromatic carbocycles. The molecule has 0 aliphatic carbocycles. The first-order valence-electron chi connectivity index (χ1n) is 5.14. The van der Waals surface area contributed by atoms with Crippen molar-refractivity contribution >= 4 is 11.8 Å². The fourth-order valence-electron chi connectivity index (χ4n) is 1.33. The molecular formula is C12H14N2S. The van der Waals surface area contributed by atoms with Crippen LogP contribution < -0.4 is 0 Å². The van der Waals surface area contributed by atoms with E-state index in [0.717, 1.165) is 22.2 Å². The number of aromatic amines is 1. The van der Waals surface area contributed by atoms with Gasteiger partial charge in [-0.2, -0.15) is 0 Å². The second-order valence-electron chi connectivity index (χ2n) is 3.30. The molecule has 15 heavy (non-hydrogen) atoms. The Kier molecular flexibility index (Phi) is 3.45. The molecule has 0 atom stereocenters. The number of imidazole rings is 1. The average molecular weight is 218 g/mol. The predicted molar refractivity (Wildman–Crippen MR) is 65.0 cm³/mol. The lowest BCUT2D eigenvalue weighted by molar-refractivity contribution is 1.09. The van der Waals surface area contributed by atoms with E-state index in [0.29, 0.717) is 0 Å². The van der Waals surface area contributed by atoms with E-state index in [4.69, 9.17) is 0 Å². The van der Waals surface area contributed by atoms with Gasteiger partial charge in [-0.3, -0.25) is 0 Å². The van der Waals surface area contributed by atoms with Gasteiger partial charge in [0.2, 0.25) is 0 Å². The number of hydrogen-bond acceptors (Lipinski definition) is 2. The van der Waals surface area contributed by atoms with Crippen molar-refractivity contribution in [1.29, 1.82) is 0 Å². The van der Waals surface area contributed by atoms with Crippen molar-refractivity contribution in [1.82, 2.24) is 9.97 Å². The van der Waals surface area contributed by atoms with Crippen LogP contribution in [0.1, 0.15) is 13.3 Å². The Bertz CT molecular complexity index is 409. The van der Waals surface area contributed by atoms with Crippen LogP contribution in [0.3, 0.4) is 0 Å². The van der Waals surface area contributed by atoms with Gasteiger partial charge < -0.3 is 4.98 Å². The van der Waals surface area contributed by atoms with Crippen molar-refractivity contribution in [2.75, 3.05) is 5.75 Å². The number of H-pyrrole nitrogens is 1. The van der Waals surface area contributed by atoms with E-state index < -0.39 is 0 Å². The second kappa shape index (κ2) is 5.03. The Morgan fingerprint density at radius 1 is 1.27 bits per heavy atom. The summed E-state index contributed by atoms with van der Waals surface area (Å²) in [6.07, 6.45) is 3.15. The zero-order valence-corrected chi connectivity index (χ0v) is 9.55. The molecule has 0 fully saturated rings. The molecule has 0 amide bonds. The molecule has 1 heterocycles. The first kappa shape index (κ1) is 10.3. The molecule has 0 unspecified atom stereocenters. The summed E-state index contributed by atoms with van der Waals surface area (Å²) in [5, 5.41) is 1.08. The molecule has 1 N–H and O–H groups in total. The number of thioether (sulfide) groups is 1. The predicted octanol–water partition coefficient (Wildman–Crippen LogP) is 3.58. The first-order valence-corrected chi connectivity index (χ1v) is 6.12. The van der Waals surface area contributed by atoms with Crippen LogP contribution in [-0.4, -0.2) is 15.7 Å². The SMILES string of the molecule is CCCSc1c[nH]c(-c2ccccc2)n1. The van der Waals surface area contributed by atoms with Gasteiger partial charge in [0.1, 0.15) is 10.9 Å². The van der Waals surface area contributed by atoms with Crippen molar-refractivity contribution in [3.8, 4) is 11.4 Å². The van der Waals surface area contributed by atoms with Gasteiger partial charge in [0.25, 0.3) is 0 Å². The number of rotatable bonds is 4. The quantitative estimate of drug-likeness (QED) is 0.795. The highest BCUT2D eigenvalue weighted by Crippen LogP contribution is 2.21. The number of nitrogens with zero attached hydrogens (tertiary/aromatic N) is 1. The van der Waals surface area contributed by atoms with Gasteiger partial charge in [-0.05, 0) is 12.2 Å². The smallest absolute Gasteiger partial charge is 0.138 e. The monoisotopic (exact) mass is 218 g/mol. The van der Waals surface area contributed by atoms with E-state index in [1.165, 1.54) is 6.42 Å². The minimum Gasteiger partial charge on any atom is -0.343 e. The molecule has 2 aromatic rings. The largest absolute Gasteiger partial charge is 0.343 e. The molecule has 0 aliphatic rings. The van der Waals surface area contributed by atoms with E-state index in [2.05, 4.69) is 29.0 Å². The number of hydrogen-bond donors (Lipinski definition) is 1. The maximum atomic E-state index is 4.53. The Hall–Kier alpha value is -1.22. The van der Waals surface area contributed by atoms with Crippen LogP contribution in [-0.2, 0) is 0 Å². The van der Waals surface area contributed by atoms with Crippen LogP contribution in [0.4, 0.5) is 0 Å². The highest BCUT2D eigenvalue weighted by atomic mass is 32.2. The summed E-state index contributed by atoms with van der Waals surface area (Å²) in [6.45, 7) is 2.18. The zero-order valence-electron chi connectivity index (χ0n) is 8.73. The fourth-order valence-corrected chi connectivity index (χ4v) is 2.04. The summed E-state index contributed by atoms with van der Waals surface area (Å²) in [5.74, 6) is 2.08. The van der Waals surface area contributed by atoms with Gasteiger partial charge in [0, 0.05) is 11.8 Å². The number of aromatic nitrogens is 2. The second-order valence-corrected chi connectivity index (χ2v) is 4.42. The van der Waals surface area contributed by atoms with Crippen molar-refractivity contribution in [2.24, 2.45) is 0 Å². The first-order chi connectivity index (χ1) is 7.40. The van der Waals surface area contributed by atoms with Crippen molar-refractivity contribution in [3.05, 3.63) is 36.5 Å². The Morgan fingerprint density at radius 3 is 2.80 bits per heavy atom. The maximum absolute atomic E-state index is 4.53. The summed E-state index contributed by atoms with van der Waals surface area (Å²) < 4.78 is 0. The van der Waals surface area contributed by atoms with E-state index in [-0.39, 0.29) is 0 Å². The lowest BCUT2D eigenvalue weighted by Crippen LogP contribution is -1.79. The Balaban J connectivity index is 2.14. The van der Waals surface area contributed by atoms with E-state index in [9.17, 15) is 0 Å². The van der Waals surface area contributed by atoms with Crippen molar-refractivity contribution < 1.29 is 0 Å². The van der Waals surface area contributed by atoms with Crippen LogP contribution >= 0.6 is 11.8 Å². The van der Waals surface area contributed by atoms with Crippen LogP contribution in [0.2, 0.25) is 0 Å².